The van der Waals surface area contributed by atoms with E-state index in [0.29, 0.717) is 17.9 Å². The first-order valence-electron chi connectivity index (χ1n) is 8.36. The fourth-order valence-corrected chi connectivity index (χ4v) is 3.90. The summed E-state index contributed by atoms with van der Waals surface area (Å²) in [4.78, 5) is 6.15. The minimum atomic E-state index is -0.255. The smallest absolute Gasteiger partial charge is 0.204 e. The lowest BCUT2D eigenvalue weighted by Gasteiger charge is -2.06. The Kier molecular flexibility index (Phi) is 5.19. The molecular formula is C19H15BrFN5OS. The van der Waals surface area contributed by atoms with Crippen LogP contribution < -0.4 is 4.74 Å². The number of hydrogen-bond donors (Lipinski definition) is 0. The molecule has 2 heterocycles. The molecular weight excluding hydrogens is 445 g/mol. The molecule has 0 aliphatic carbocycles. The Labute approximate surface area is 173 Å². The molecule has 0 saturated carbocycles. The maximum Gasteiger partial charge on any atom is 0.204 e. The Morgan fingerprint density at radius 1 is 1.21 bits per heavy atom. The molecule has 4 aromatic rings. The first-order chi connectivity index (χ1) is 13.5. The second-order valence-electron chi connectivity index (χ2n) is 6.10. The van der Waals surface area contributed by atoms with Crippen LogP contribution in [-0.4, -0.2) is 32.3 Å². The van der Waals surface area contributed by atoms with Gasteiger partial charge in [-0.1, -0.05) is 15.9 Å². The van der Waals surface area contributed by atoms with Gasteiger partial charge < -0.3 is 4.74 Å². The first-order valence-corrected chi connectivity index (χ1v) is 10.0. The molecule has 0 unspecified atom stereocenters. The van der Waals surface area contributed by atoms with E-state index < -0.39 is 0 Å². The van der Waals surface area contributed by atoms with Crippen LogP contribution >= 0.6 is 27.3 Å². The number of rotatable bonds is 5. The van der Waals surface area contributed by atoms with Gasteiger partial charge in [0.25, 0.3) is 0 Å². The second kappa shape index (κ2) is 7.76. The van der Waals surface area contributed by atoms with Crippen LogP contribution in [0.25, 0.3) is 22.0 Å². The van der Waals surface area contributed by atoms with Gasteiger partial charge in [0.2, 0.25) is 5.82 Å². The van der Waals surface area contributed by atoms with Gasteiger partial charge in [-0.15, -0.1) is 21.5 Å². The number of thiazole rings is 1. The highest BCUT2D eigenvalue weighted by Gasteiger charge is 2.13. The molecule has 0 radical (unpaired) electrons. The highest BCUT2D eigenvalue weighted by atomic mass is 79.9. The van der Waals surface area contributed by atoms with Gasteiger partial charge in [0, 0.05) is 15.4 Å². The lowest BCUT2D eigenvalue weighted by Crippen LogP contribution is -2.04. The van der Waals surface area contributed by atoms with Crippen molar-refractivity contribution in [2.24, 2.45) is 0 Å². The molecule has 0 N–H and O–H groups in total. The van der Waals surface area contributed by atoms with E-state index in [0.717, 1.165) is 32.1 Å². The molecule has 0 saturated heterocycles. The Balaban J connectivity index is 1.56. The van der Waals surface area contributed by atoms with Gasteiger partial charge in [-0.05, 0) is 54.1 Å². The van der Waals surface area contributed by atoms with Crippen molar-refractivity contribution in [1.29, 1.82) is 0 Å². The van der Waals surface area contributed by atoms with E-state index in [1.807, 2.05) is 23.6 Å². The summed E-state index contributed by atoms with van der Waals surface area (Å²) in [6, 6.07) is 10.6. The van der Waals surface area contributed by atoms with Crippen molar-refractivity contribution in [2.45, 2.75) is 13.5 Å². The van der Waals surface area contributed by atoms with Crippen LogP contribution in [0.4, 0.5) is 4.39 Å². The summed E-state index contributed by atoms with van der Waals surface area (Å²) in [5.74, 6) is 0.957. The van der Waals surface area contributed by atoms with Gasteiger partial charge in [0.1, 0.15) is 23.1 Å². The van der Waals surface area contributed by atoms with Crippen molar-refractivity contribution in [2.75, 3.05) is 7.11 Å². The first kappa shape index (κ1) is 18.7. The molecule has 0 amide bonds. The summed E-state index contributed by atoms with van der Waals surface area (Å²) in [5.41, 5.74) is 3.01. The third-order valence-electron chi connectivity index (χ3n) is 4.12. The Hall–Kier alpha value is -2.65. The molecule has 2 aromatic heterocycles. The number of halogens is 2. The van der Waals surface area contributed by atoms with Crippen molar-refractivity contribution in [3.05, 3.63) is 63.3 Å². The van der Waals surface area contributed by atoms with Crippen LogP contribution in [0, 0.1) is 12.7 Å². The van der Waals surface area contributed by atoms with Gasteiger partial charge in [-0.3, -0.25) is 0 Å². The highest BCUT2D eigenvalue weighted by Crippen LogP contribution is 2.34. The zero-order valence-corrected chi connectivity index (χ0v) is 17.5. The van der Waals surface area contributed by atoms with Crippen molar-refractivity contribution in [3.8, 4) is 27.7 Å². The molecule has 0 aliphatic rings. The van der Waals surface area contributed by atoms with Crippen molar-refractivity contribution in [3.63, 3.8) is 0 Å². The average Bonchev–Trinajstić information content (AvgIpc) is 3.34. The second-order valence-corrected chi connectivity index (χ2v) is 7.87. The maximum atomic E-state index is 13.4. The number of ether oxygens (including phenoxy) is 1. The minimum Gasteiger partial charge on any atom is -0.496 e. The van der Waals surface area contributed by atoms with Gasteiger partial charge in [-0.2, -0.15) is 4.80 Å². The lowest BCUT2D eigenvalue weighted by atomic mass is 10.1. The number of nitrogens with zero attached hydrogens (tertiary/aromatic N) is 5. The zero-order valence-electron chi connectivity index (χ0n) is 15.1. The van der Waals surface area contributed by atoms with E-state index in [1.54, 1.807) is 26.2 Å². The number of benzene rings is 2. The average molecular weight is 460 g/mol. The van der Waals surface area contributed by atoms with Crippen LogP contribution in [0.1, 0.15) is 11.3 Å². The summed E-state index contributed by atoms with van der Waals surface area (Å²) < 4.78 is 19.8. The van der Waals surface area contributed by atoms with Crippen LogP contribution in [0.2, 0.25) is 0 Å². The Morgan fingerprint density at radius 3 is 2.86 bits per heavy atom. The molecule has 142 valence electrons. The third-order valence-corrected chi connectivity index (χ3v) is 5.53. The van der Waals surface area contributed by atoms with E-state index >= 15 is 0 Å². The molecule has 6 nitrogen and oxygen atoms in total. The standard InChI is InChI=1S/C19H15BrFN5OS/c1-11-7-12(3-5-16(11)21)18-23-25-26(24-18)9-14-10-28-19(22-14)15-8-13(20)4-6-17(15)27-2/h3-8,10H,9H2,1-2H3. The summed E-state index contributed by atoms with van der Waals surface area (Å²) in [6.07, 6.45) is 0. The fourth-order valence-electron chi connectivity index (χ4n) is 2.71. The molecule has 0 fully saturated rings. The highest BCUT2D eigenvalue weighted by molar-refractivity contribution is 9.10. The summed E-state index contributed by atoms with van der Waals surface area (Å²) in [5, 5.41) is 15.3. The topological polar surface area (TPSA) is 65.7 Å². The SMILES string of the molecule is COc1ccc(Br)cc1-c1nc(Cn2nnc(-c3ccc(F)c(C)c3)n2)cs1. The Morgan fingerprint density at radius 2 is 2.07 bits per heavy atom. The maximum absolute atomic E-state index is 13.4. The molecule has 2 aromatic carbocycles. The van der Waals surface area contributed by atoms with Crippen LogP contribution in [0.15, 0.2) is 46.3 Å². The lowest BCUT2D eigenvalue weighted by molar-refractivity contribution is 0.416. The van der Waals surface area contributed by atoms with Gasteiger partial charge >= 0.3 is 0 Å². The number of methoxy groups -OCH3 is 1. The number of hydrogen-bond acceptors (Lipinski definition) is 6. The predicted octanol–water partition coefficient (Wildman–Crippen LogP) is 4.73. The largest absolute Gasteiger partial charge is 0.496 e. The number of aromatic nitrogens is 5. The van der Waals surface area contributed by atoms with Crippen LogP contribution in [0.5, 0.6) is 5.75 Å². The van der Waals surface area contributed by atoms with E-state index in [1.165, 1.54) is 22.2 Å². The molecule has 0 atom stereocenters. The van der Waals surface area contributed by atoms with E-state index in [2.05, 4.69) is 36.3 Å². The van der Waals surface area contributed by atoms with Crippen LogP contribution in [0.3, 0.4) is 0 Å². The van der Waals surface area contributed by atoms with E-state index in [9.17, 15) is 4.39 Å². The molecule has 0 bridgehead atoms. The predicted molar refractivity (Wildman–Crippen MR) is 109 cm³/mol. The van der Waals surface area contributed by atoms with Gasteiger partial charge in [-0.25, -0.2) is 9.37 Å². The van der Waals surface area contributed by atoms with Gasteiger partial charge in [0.15, 0.2) is 0 Å². The molecule has 4 rings (SSSR count). The van der Waals surface area contributed by atoms with E-state index in [-0.39, 0.29) is 5.82 Å². The monoisotopic (exact) mass is 459 g/mol. The number of tetrazole rings is 1. The molecule has 0 aliphatic heterocycles. The molecule has 28 heavy (non-hydrogen) atoms. The molecule has 9 heteroatoms. The quantitative estimate of drug-likeness (QED) is 0.431. The minimum absolute atomic E-state index is 0.255. The zero-order chi connectivity index (χ0) is 19.7. The summed E-state index contributed by atoms with van der Waals surface area (Å²) in [6.45, 7) is 2.09. The summed E-state index contributed by atoms with van der Waals surface area (Å²) in [7, 11) is 1.64. The van der Waals surface area contributed by atoms with Crippen molar-refractivity contribution >= 4 is 27.3 Å². The van der Waals surface area contributed by atoms with Gasteiger partial charge in [0.05, 0.1) is 18.4 Å². The fraction of sp³-hybridized carbons (Fsp3) is 0.158. The number of aryl methyl sites for hydroxylation is 1. The van der Waals surface area contributed by atoms with Crippen molar-refractivity contribution in [1.82, 2.24) is 25.2 Å². The van der Waals surface area contributed by atoms with E-state index in [4.69, 9.17) is 4.74 Å². The molecule has 0 spiro atoms. The van der Waals surface area contributed by atoms with Crippen LogP contribution in [-0.2, 0) is 6.54 Å². The van der Waals surface area contributed by atoms with Crippen molar-refractivity contribution < 1.29 is 9.13 Å². The normalized spacial score (nSPS) is 11.0. The Bertz CT molecular complexity index is 1140. The third kappa shape index (κ3) is 3.81. The summed E-state index contributed by atoms with van der Waals surface area (Å²) >= 11 is 5.01.